The van der Waals surface area contributed by atoms with Crippen molar-refractivity contribution in [1.82, 2.24) is 0 Å². The summed E-state index contributed by atoms with van der Waals surface area (Å²) in [4.78, 5) is 1.71. The van der Waals surface area contributed by atoms with Gasteiger partial charge in [0.25, 0.3) is 0 Å². The van der Waals surface area contributed by atoms with Crippen LogP contribution in [0.4, 0.5) is 4.39 Å². The van der Waals surface area contributed by atoms with Gasteiger partial charge in [-0.15, -0.1) is 11.3 Å². The summed E-state index contributed by atoms with van der Waals surface area (Å²) in [6.45, 7) is 0.409. The van der Waals surface area contributed by atoms with Crippen LogP contribution in [-0.2, 0) is 6.61 Å². The molecule has 0 spiro atoms. The number of benzene rings is 1. The van der Waals surface area contributed by atoms with Crippen LogP contribution in [0.2, 0.25) is 0 Å². The number of nitriles is 2. The summed E-state index contributed by atoms with van der Waals surface area (Å²) >= 11 is 1.42. The summed E-state index contributed by atoms with van der Waals surface area (Å²) in [6.07, 6.45) is 1.53. The quantitative estimate of drug-likeness (QED) is 0.746. The van der Waals surface area contributed by atoms with Crippen molar-refractivity contribution in [2.24, 2.45) is 0 Å². The minimum absolute atomic E-state index is 0.0454. The maximum absolute atomic E-state index is 13.4. The van der Waals surface area contributed by atoms with E-state index in [0.29, 0.717) is 17.9 Å². The third-order valence-electron chi connectivity index (χ3n) is 2.92. The topological polar surface area (TPSA) is 56.8 Å². The van der Waals surface area contributed by atoms with E-state index in [9.17, 15) is 4.39 Å². The molecule has 3 rings (SSSR count). The number of halogens is 1. The molecule has 1 aliphatic rings. The summed E-state index contributed by atoms with van der Waals surface area (Å²) in [5, 5.41) is 17.5. The van der Waals surface area contributed by atoms with Gasteiger partial charge >= 0.3 is 0 Å². The molecule has 0 bridgehead atoms. The van der Waals surface area contributed by atoms with Gasteiger partial charge in [-0.3, -0.25) is 0 Å². The lowest BCUT2D eigenvalue weighted by molar-refractivity contribution is 0.302. The fourth-order valence-electron chi connectivity index (χ4n) is 2.05. The van der Waals surface area contributed by atoms with E-state index in [1.807, 2.05) is 18.2 Å². The molecule has 0 saturated carbocycles. The molecule has 2 heterocycles. The average molecular weight is 282 g/mol. The minimum Gasteiger partial charge on any atom is -0.488 e. The minimum atomic E-state index is -0.319. The molecule has 0 atom stereocenters. The monoisotopic (exact) mass is 282 g/mol. The van der Waals surface area contributed by atoms with Crippen LogP contribution in [0.1, 0.15) is 10.4 Å². The third-order valence-corrected chi connectivity index (χ3v) is 4.08. The van der Waals surface area contributed by atoms with Crippen LogP contribution in [0.3, 0.4) is 0 Å². The Balaban J connectivity index is 2.11. The number of allylic oxidation sites excluding steroid dienone is 1. The van der Waals surface area contributed by atoms with E-state index in [4.69, 9.17) is 15.3 Å². The Morgan fingerprint density at radius 2 is 2.10 bits per heavy atom. The molecule has 3 nitrogen and oxygen atoms in total. The molecule has 1 aliphatic heterocycles. The highest BCUT2D eigenvalue weighted by atomic mass is 32.1. The Bertz CT molecular complexity index is 792. The summed E-state index contributed by atoms with van der Waals surface area (Å²) in [7, 11) is 0. The molecule has 0 fully saturated rings. The van der Waals surface area contributed by atoms with Gasteiger partial charge < -0.3 is 4.74 Å². The molecule has 0 radical (unpaired) electrons. The maximum atomic E-state index is 13.4. The fraction of sp³-hybridized carbons (Fsp3) is 0.0667. The molecule has 1 aromatic heterocycles. The van der Waals surface area contributed by atoms with Crippen molar-refractivity contribution in [2.45, 2.75) is 6.61 Å². The first-order valence-corrected chi connectivity index (χ1v) is 6.60. The molecule has 0 amide bonds. The number of ether oxygens (including phenoxy) is 1. The summed E-state index contributed by atoms with van der Waals surface area (Å²) in [5.41, 5.74) is 1.70. The molecule has 0 saturated heterocycles. The number of hydrogen-bond donors (Lipinski definition) is 0. The first-order valence-electron chi connectivity index (χ1n) is 5.78. The summed E-state index contributed by atoms with van der Waals surface area (Å²) in [6, 6.07) is 9.92. The molecular weight excluding hydrogens is 275 g/mol. The van der Waals surface area contributed by atoms with E-state index >= 15 is 0 Å². The van der Waals surface area contributed by atoms with Crippen LogP contribution in [0.5, 0.6) is 5.75 Å². The van der Waals surface area contributed by atoms with Crippen LogP contribution < -0.4 is 4.74 Å². The Morgan fingerprint density at radius 1 is 1.30 bits per heavy atom. The van der Waals surface area contributed by atoms with E-state index in [-0.39, 0.29) is 11.4 Å². The van der Waals surface area contributed by atoms with Gasteiger partial charge in [0.15, 0.2) is 0 Å². The van der Waals surface area contributed by atoms with Gasteiger partial charge in [0.2, 0.25) is 0 Å². The van der Waals surface area contributed by atoms with Crippen LogP contribution in [0, 0.1) is 28.5 Å². The number of nitrogens with zero attached hydrogens (tertiary/aromatic N) is 2. The smallest absolute Gasteiger partial charge is 0.131 e. The van der Waals surface area contributed by atoms with E-state index < -0.39 is 0 Å². The molecule has 2 aromatic rings. The predicted octanol–water partition coefficient (Wildman–Crippen LogP) is 3.88. The van der Waals surface area contributed by atoms with Crippen LogP contribution in [0.25, 0.3) is 16.5 Å². The van der Waals surface area contributed by atoms with Crippen molar-refractivity contribution in [3.8, 4) is 28.3 Å². The third kappa shape index (κ3) is 2.05. The molecule has 1 aromatic carbocycles. The van der Waals surface area contributed by atoms with Gasteiger partial charge in [0.05, 0.1) is 0 Å². The van der Waals surface area contributed by atoms with Crippen LogP contribution in [-0.4, -0.2) is 0 Å². The highest BCUT2D eigenvalue weighted by Crippen LogP contribution is 2.43. The van der Waals surface area contributed by atoms with E-state index in [1.54, 1.807) is 6.07 Å². The van der Waals surface area contributed by atoms with Crippen molar-refractivity contribution in [1.29, 1.82) is 10.5 Å². The second-order valence-corrected chi connectivity index (χ2v) is 5.30. The Labute approximate surface area is 118 Å². The van der Waals surface area contributed by atoms with Gasteiger partial charge in [0, 0.05) is 20.9 Å². The number of rotatable bonds is 1. The Kier molecular flexibility index (Phi) is 2.98. The highest BCUT2D eigenvalue weighted by Gasteiger charge is 2.20. The Hall–Kier alpha value is -2.63. The van der Waals surface area contributed by atoms with Crippen LogP contribution >= 0.6 is 11.3 Å². The predicted molar refractivity (Wildman–Crippen MR) is 73.2 cm³/mol. The average Bonchev–Trinajstić information content (AvgIpc) is 2.87. The maximum Gasteiger partial charge on any atom is 0.131 e. The van der Waals surface area contributed by atoms with Crippen molar-refractivity contribution in [2.75, 3.05) is 0 Å². The van der Waals surface area contributed by atoms with Crippen molar-refractivity contribution >= 4 is 17.4 Å². The fourth-order valence-corrected chi connectivity index (χ4v) is 3.18. The Morgan fingerprint density at radius 3 is 2.85 bits per heavy atom. The zero-order valence-corrected chi connectivity index (χ0v) is 11.0. The normalized spacial score (nSPS) is 11.3. The second-order valence-electron chi connectivity index (χ2n) is 4.21. The lowest BCUT2D eigenvalue weighted by Crippen LogP contribution is -2.02. The first kappa shape index (κ1) is 12.4. The first-order chi connectivity index (χ1) is 9.71. The molecule has 0 N–H and O–H groups in total. The zero-order valence-electron chi connectivity index (χ0n) is 10.2. The van der Waals surface area contributed by atoms with Gasteiger partial charge in [-0.2, -0.15) is 10.5 Å². The van der Waals surface area contributed by atoms with E-state index in [0.717, 1.165) is 15.3 Å². The lowest BCUT2D eigenvalue weighted by atomic mass is 10.1. The summed E-state index contributed by atoms with van der Waals surface area (Å²) in [5.74, 6) is 0.331. The molecule has 20 heavy (non-hydrogen) atoms. The number of fused-ring (bicyclic) bond motifs is 3. The molecule has 96 valence electrons. The number of thiophene rings is 1. The standard InChI is InChI=1S/C15H7FN2OS/c16-11-1-2-14-13(5-11)15-10(8-19-14)4-12(20-15)3-9(6-17)7-18/h1-5H,8H2. The largest absolute Gasteiger partial charge is 0.488 e. The second kappa shape index (κ2) is 4.80. The van der Waals surface area contributed by atoms with Gasteiger partial charge in [-0.25, -0.2) is 4.39 Å². The van der Waals surface area contributed by atoms with Crippen molar-refractivity contribution in [3.63, 3.8) is 0 Å². The highest BCUT2D eigenvalue weighted by molar-refractivity contribution is 7.16. The van der Waals surface area contributed by atoms with Crippen molar-refractivity contribution in [3.05, 3.63) is 46.1 Å². The van der Waals surface area contributed by atoms with Gasteiger partial charge in [-0.1, -0.05) is 0 Å². The van der Waals surface area contributed by atoms with Crippen molar-refractivity contribution < 1.29 is 9.13 Å². The number of hydrogen-bond acceptors (Lipinski definition) is 4. The molecule has 0 unspecified atom stereocenters. The van der Waals surface area contributed by atoms with E-state index in [2.05, 4.69) is 0 Å². The van der Waals surface area contributed by atoms with Gasteiger partial charge in [0.1, 0.15) is 35.9 Å². The van der Waals surface area contributed by atoms with Crippen LogP contribution in [0.15, 0.2) is 29.8 Å². The molecule has 0 aliphatic carbocycles. The molecular formula is C15H7FN2OS. The molecule has 5 heteroatoms. The van der Waals surface area contributed by atoms with Gasteiger partial charge in [-0.05, 0) is 30.3 Å². The SMILES string of the molecule is N#CC(C#N)=Cc1cc2c(s1)-c1cc(F)ccc1OC2. The summed E-state index contributed by atoms with van der Waals surface area (Å²) < 4.78 is 18.9. The lowest BCUT2D eigenvalue weighted by Gasteiger charge is -2.17. The zero-order chi connectivity index (χ0) is 14.1. The van der Waals surface area contributed by atoms with E-state index in [1.165, 1.54) is 29.5 Å².